The maximum atomic E-state index is 13.1. The highest BCUT2D eigenvalue weighted by Gasteiger charge is 2.22. The first-order valence-electron chi connectivity index (χ1n) is 10.7. The number of hydrogen-bond acceptors (Lipinski definition) is 6. The molecule has 1 heterocycles. The summed E-state index contributed by atoms with van der Waals surface area (Å²) in [6, 6.07) is 17.8. The lowest BCUT2D eigenvalue weighted by atomic mass is 10.0. The summed E-state index contributed by atoms with van der Waals surface area (Å²) < 4.78 is 27.9. The van der Waals surface area contributed by atoms with Crippen LogP contribution in [-0.2, 0) is 21.4 Å². The topological polar surface area (TPSA) is 122 Å². The molecular formula is C25H24N4O5S. The molecule has 9 nitrogen and oxygen atoms in total. The number of benzene rings is 3. The van der Waals surface area contributed by atoms with Gasteiger partial charge in [-0.2, -0.15) is 5.10 Å². The van der Waals surface area contributed by atoms with E-state index >= 15 is 0 Å². The van der Waals surface area contributed by atoms with Gasteiger partial charge in [-0.3, -0.25) is 9.59 Å². The molecule has 0 aliphatic carbocycles. The smallest absolute Gasteiger partial charge is 0.275 e. The maximum Gasteiger partial charge on any atom is 0.275 e. The minimum absolute atomic E-state index is 0.0637. The Hall–Kier alpha value is -4.02. The van der Waals surface area contributed by atoms with Crippen molar-refractivity contribution in [3.8, 4) is 17.0 Å². The number of carbonyl (C=O) groups is 1. The van der Waals surface area contributed by atoms with Crippen molar-refractivity contribution in [3.63, 3.8) is 0 Å². The van der Waals surface area contributed by atoms with Crippen LogP contribution in [0.3, 0.4) is 0 Å². The van der Waals surface area contributed by atoms with Crippen molar-refractivity contribution >= 4 is 32.4 Å². The molecule has 2 N–H and O–H groups in total. The van der Waals surface area contributed by atoms with Gasteiger partial charge in [-0.25, -0.2) is 17.4 Å². The number of rotatable bonds is 6. The fourth-order valence-corrected chi connectivity index (χ4v) is 4.80. The van der Waals surface area contributed by atoms with E-state index in [-0.39, 0.29) is 17.2 Å². The van der Waals surface area contributed by atoms with E-state index in [1.54, 1.807) is 43.3 Å². The molecule has 4 rings (SSSR count). The Labute approximate surface area is 202 Å². The molecule has 0 saturated carbocycles. The molecule has 0 spiro atoms. The van der Waals surface area contributed by atoms with Crippen LogP contribution in [0.2, 0.25) is 0 Å². The molecule has 180 valence electrons. The van der Waals surface area contributed by atoms with E-state index in [9.17, 15) is 23.1 Å². The van der Waals surface area contributed by atoms with Gasteiger partial charge in [0.05, 0.1) is 16.0 Å². The van der Waals surface area contributed by atoms with Gasteiger partial charge in [0.25, 0.3) is 5.56 Å². The number of nitrogens with zero attached hydrogens (tertiary/aromatic N) is 3. The second-order valence-corrected chi connectivity index (χ2v) is 10.3. The van der Waals surface area contributed by atoms with E-state index in [1.165, 1.54) is 44.4 Å². The SMILES string of the molecule is Cc1ccc(-c2nn(CC(=O)Nc3ccc(O)cc3)c(=O)c3ccccc23)cc1S(=O)(=O)N(C)C. The van der Waals surface area contributed by atoms with Crippen molar-refractivity contribution < 1.29 is 18.3 Å². The van der Waals surface area contributed by atoms with Crippen molar-refractivity contribution in [2.45, 2.75) is 18.4 Å². The summed E-state index contributed by atoms with van der Waals surface area (Å²) in [4.78, 5) is 25.9. The van der Waals surface area contributed by atoms with Gasteiger partial charge in [0.1, 0.15) is 12.3 Å². The van der Waals surface area contributed by atoms with Gasteiger partial charge < -0.3 is 10.4 Å². The molecular weight excluding hydrogens is 468 g/mol. The third-order valence-corrected chi connectivity index (χ3v) is 7.49. The summed E-state index contributed by atoms with van der Waals surface area (Å²) in [7, 11) is -0.791. The number of aryl methyl sites for hydroxylation is 1. The molecule has 1 amide bonds. The van der Waals surface area contributed by atoms with Crippen LogP contribution in [0.4, 0.5) is 5.69 Å². The van der Waals surface area contributed by atoms with Crippen LogP contribution in [0.5, 0.6) is 5.75 Å². The summed E-state index contributed by atoms with van der Waals surface area (Å²) in [5.74, 6) is -0.417. The van der Waals surface area contributed by atoms with Gasteiger partial charge in [0.2, 0.25) is 15.9 Å². The number of anilines is 1. The van der Waals surface area contributed by atoms with Crippen LogP contribution in [0.15, 0.2) is 76.4 Å². The van der Waals surface area contributed by atoms with Gasteiger partial charge >= 0.3 is 0 Å². The number of phenols is 1. The lowest BCUT2D eigenvalue weighted by Crippen LogP contribution is -2.30. The first-order chi connectivity index (χ1) is 16.6. The summed E-state index contributed by atoms with van der Waals surface area (Å²) in [5.41, 5.74) is 1.47. The lowest BCUT2D eigenvalue weighted by Gasteiger charge is -2.16. The monoisotopic (exact) mass is 492 g/mol. The van der Waals surface area contributed by atoms with E-state index < -0.39 is 21.5 Å². The number of amides is 1. The van der Waals surface area contributed by atoms with E-state index in [1.807, 2.05) is 0 Å². The summed E-state index contributed by atoms with van der Waals surface area (Å²) in [5, 5.41) is 17.4. The standard InChI is InChI=1S/C25H24N4O5S/c1-16-8-9-17(14-22(16)35(33,34)28(2)3)24-20-6-4-5-7-21(20)25(32)29(27-24)15-23(31)26-18-10-12-19(30)13-11-18/h4-14,30H,15H2,1-3H3,(H,26,31). The third kappa shape index (κ3) is 4.79. The highest BCUT2D eigenvalue weighted by molar-refractivity contribution is 7.89. The number of fused-ring (bicyclic) bond motifs is 1. The van der Waals surface area contributed by atoms with Crippen LogP contribution < -0.4 is 10.9 Å². The first kappa shape index (κ1) is 24.1. The minimum Gasteiger partial charge on any atom is -0.508 e. The zero-order valence-corrected chi connectivity index (χ0v) is 20.2. The Morgan fingerprint density at radius 3 is 2.34 bits per heavy atom. The molecule has 35 heavy (non-hydrogen) atoms. The first-order valence-corrected chi connectivity index (χ1v) is 12.1. The lowest BCUT2D eigenvalue weighted by molar-refractivity contribution is -0.117. The van der Waals surface area contributed by atoms with Gasteiger partial charge in [-0.1, -0.05) is 30.3 Å². The zero-order valence-electron chi connectivity index (χ0n) is 19.4. The van der Waals surface area contributed by atoms with E-state index in [2.05, 4.69) is 10.4 Å². The molecule has 4 aromatic rings. The van der Waals surface area contributed by atoms with Crippen LogP contribution in [0, 0.1) is 6.92 Å². The van der Waals surface area contributed by atoms with Crippen LogP contribution in [0.1, 0.15) is 5.56 Å². The molecule has 3 aromatic carbocycles. The Morgan fingerprint density at radius 2 is 1.69 bits per heavy atom. The van der Waals surface area contributed by atoms with Gasteiger partial charge in [0, 0.05) is 30.7 Å². The summed E-state index contributed by atoms with van der Waals surface area (Å²) in [6.07, 6.45) is 0. The fraction of sp³-hybridized carbons (Fsp3) is 0.160. The molecule has 1 aromatic heterocycles. The predicted molar refractivity (Wildman–Crippen MR) is 134 cm³/mol. The van der Waals surface area contributed by atoms with E-state index in [0.717, 1.165) is 8.99 Å². The minimum atomic E-state index is -3.71. The average Bonchev–Trinajstić information content (AvgIpc) is 2.82. The Morgan fingerprint density at radius 1 is 1.03 bits per heavy atom. The Bertz CT molecular complexity index is 1590. The zero-order chi connectivity index (χ0) is 25.3. The van der Waals surface area contributed by atoms with Crippen LogP contribution in [0.25, 0.3) is 22.0 Å². The molecule has 0 saturated heterocycles. The van der Waals surface area contributed by atoms with Gasteiger partial charge in [-0.15, -0.1) is 0 Å². The average molecular weight is 493 g/mol. The molecule has 0 aliphatic heterocycles. The molecule has 0 atom stereocenters. The van der Waals surface area contributed by atoms with Crippen molar-refractivity contribution in [1.82, 2.24) is 14.1 Å². The normalized spacial score (nSPS) is 11.7. The van der Waals surface area contributed by atoms with Crippen LogP contribution >= 0.6 is 0 Å². The molecule has 0 radical (unpaired) electrons. The van der Waals surface area contributed by atoms with Gasteiger partial charge in [0.15, 0.2) is 0 Å². The number of nitrogens with one attached hydrogen (secondary N) is 1. The highest BCUT2D eigenvalue weighted by Crippen LogP contribution is 2.29. The third-order valence-electron chi connectivity index (χ3n) is 5.53. The largest absolute Gasteiger partial charge is 0.508 e. The molecule has 0 bridgehead atoms. The number of aromatic nitrogens is 2. The second-order valence-electron chi connectivity index (χ2n) is 8.22. The number of phenolic OH excluding ortho intramolecular Hbond substituents is 1. The maximum absolute atomic E-state index is 13.1. The number of carbonyl (C=O) groups excluding carboxylic acids is 1. The Kier molecular flexibility index (Phi) is 6.42. The quantitative estimate of drug-likeness (QED) is 0.399. The number of hydrogen-bond donors (Lipinski definition) is 2. The highest BCUT2D eigenvalue weighted by atomic mass is 32.2. The van der Waals surface area contributed by atoms with Gasteiger partial charge in [-0.05, 0) is 48.9 Å². The van der Waals surface area contributed by atoms with Crippen molar-refractivity contribution in [2.24, 2.45) is 0 Å². The molecule has 10 heteroatoms. The second kappa shape index (κ2) is 9.32. The number of sulfonamides is 1. The van der Waals surface area contributed by atoms with E-state index in [0.29, 0.717) is 33.3 Å². The predicted octanol–water partition coefficient (Wildman–Crippen LogP) is 2.97. The van der Waals surface area contributed by atoms with Crippen molar-refractivity contribution in [1.29, 1.82) is 0 Å². The van der Waals surface area contributed by atoms with Crippen LogP contribution in [-0.4, -0.2) is 47.6 Å². The fourth-order valence-electron chi connectivity index (χ4n) is 3.66. The molecule has 0 fully saturated rings. The molecule has 0 unspecified atom stereocenters. The molecule has 0 aliphatic rings. The summed E-state index contributed by atoms with van der Waals surface area (Å²) in [6.45, 7) is 1.35. The Balaban J connectivity index is 1.81. The van der Waals surface area contributed by atoms with Crippen molar-refractivity contribution in [3.05, 3.63) is 82.6 Å². The van der Waals surface area contributed by atoms with E-state index in [4.69, 9.17) is 0 Å². The van der Waals surface area contributed by atoms with Crippen molar-refractivity contribution in [2.75, 3.05) is 19.4 Å². The number of aromatic hydroxyl groups is 1. The summed E-state index contributed by atoms with van der Waals surface area (Å²) >= 11 is 0.